The van der Waals surface area contributed by atoms with Gasteiger partial charge in [-0.1, -0.05) is 44.2 Å². The van der Waals surface area contributed by atoms with Crippen molar-refractivity contribution in [1.29, 1.82) is 0 Å². The molecule has 19 heavy (non-hydrogen) atoms. The first-order chi connectivity index (χ1) is 9.13. The molecule has 0 aromatic carbocycles. The average molecular weight is 258 g/mol. The molecular weight excluding hydrogens is 240 g/mol. The Kier molecular flexibility index (Phi) is 4.17. The minimum atomic E-state index is -0.384. The highest BCUT2D eigenvalue weighted by atomic mass is 16.5. The van der Waals surface area contributed by atoms with Crippen LogP contribution in [0, 0.1) is 0 Å². The van der Waals surface area contributed by atoms with Crippen molar-refractivity contribution in [2.75, 3.05) is 13.2 Å². The molecule has 0 saturated heterocycles. The summed E-state index contributed by atoms with van der Waals surface area (Å²) in [6.45, 7) is 4.11. The van der Waals surface area contributed by atoms with Gasteiger partial charge >= 0.3 is 5.97 Å². The van der Waals surface area contributed by atoms with Crippen molar-refractivity contribution in [1.82, 2.24) is 0 Å². The monoisotopic (exact) mass is 258 g/mol. The van der Waals surface area contributed by atoms with E-state index < -0.39 is 0 Å². The first kappa shape index (κ1) is 13.6. The lowest BCUT2D eigenvalue weighted by molar-refractivity contribution is 0.0435. The maximum atomic E-state index is 11.9. The normalized spacial score (nSPS) is 10.9. The smallest absolute Gasteiger partial charge is 0.338 e. The van der Waals surface area contributed by atoms with Gasteiger partial charge in [0.05, 0.1) is 12.2 Å². The maximum absolute atomic E-state index is 11.9. The second-order valence-corrected chi connectivity index (χ2v) is 4.80. The summed E-state index contributed by atoms with van der Waals surface area (Å²) in [5.74, 6) is 0.0109. The molecule has 2 aliphatic carbocycles. The van der Waals surface area contributed by atoms with Crippen LogP contribution in [0.5, 0.6) is 0 Å². The van der Waals surface area contributed by atoms with Crippen molar-refractivity contribution in [3.63, 3.8) is 0 Å². The van der Waals surface area contributed by atoms with E-state index in [1.807, 2.05) is 24.3 Å². The van der Waals surface area contributed by atoms with E-state index in [9.17, 15) is 4.79 Å². The van der Waals surface area contributed by atoms with Gasteiger partial charge in [-0.2, -0.15) is 0 Å². The molecule has 0 spiro atoms. The number of aliphatic hydroxyl groups is 1. The van der Waals surface area contributed by atoms with Crippen LogP contribution in [0.4, 0.5) is 0 Å². The summed E-state index contributed by atoms with van der Waals surface area (Å²) >= 11 is 0. The topological polar surface area (TPSA) is 46.5 Å². The summed E-state index contributed by atoms with van der Waals surface area (Å²) in [5.41, 5.74) is 3.65. The number of esters is 1. The summed E-state index contributed by atoms with van der Waals surface area (Å²) in [6.07, 6.45) is 0. The predicted molar refractivity (Wildman–Crippen MR) is 74.5 cm³/mol. The summed E-state index contributed by atoms with van der Waals surface area (Å²) in [7, 11) is 0. The van der Waals surface area contributed by atoms with Gasteiger partial charge in [-0.3, -0.25) is 0 Å². The largest absolute Gasteiger partial charge is 0.460 e. The van der Waals surface area contributed by atoms with Crippen molar-refractivity contribution >= 4 is 5.97 Å². The van der Waals surface area contributed by atoms with Gasteiger partial charge < -0.3 is 9.84 Å². The minimum absolute atomic E-state index is 0.0293. The Morgan fingerprint density at radius 2 is 2.05 bits per heavy atom. The lowest BCUT2D eigenvalue weighted by Crippen LogP contribution is -2.08. The number of rotatable bonds is 4. The highest BCUT2D eigenvalue weighted by Gasteiger charge is 2.17. The van der Waals surface area contributed by atoms with Gasteiger partial charge in [0, 0.05) is 0 Å². The van der Waals surface area contributed by atoms with Crippen LogP contribution < -0.4 is 0 Å². The summed E-state index contributed by atoms with van der Waals surface area (Å²) in [4.78, 5) is 11.9. The summed E-state index contributed by atoms with van der Waals surface area (Å²) in [6, 6.07) is 11.8. The van der Waals surface area contributed by atoms with E-state index in [2.05, 4.69) is 19.9 Å². The highest BCUT2D eigenvalue weighted by Crippen LogP contribution is 2.30. The molecule has 2 rings (SSSR count). The molecule has 0 radical (unpaired) electrons. The summed E-state index contributed by atoms with van der Waals surface area (Å²) in [5, 5.41) is 8.71. The van der Waals surface area contributed by atoms with Gasteiger partial charge in [0.2, 0.25) is 0 Å². The van der Waals surface area contributed by atoms with E-state index in [4.69, 9.17) is 9.84 Å². The SMILES string of the molecule is CC(C)c1cccc2ccc(C(=O)OCCO)c-2c1. The fourth-order valence-corrected chi connectivity index (χ4v) is 2.05. The number of hydrogen-bond acceptors (Lipinski definition) is 3. The fraction of sp³-hybridized carbons (Fsp3) is 0.312. The molecule has 0 saturated carbocycles. The van der Waals surface area contributed by atoms with Crippen LogP contribution in [0.15, 0.2) is 36.4 Å². The van der Waals surface area contributed by atoms with E-state index in [-0.39, 0.29) is 19.2 Å². The molecule has 0 atom stereocenters. The van der Waals surface area contributed by atoms with E-state index in [1.54, 1.807) is 6.07 Å². The maximum Gasteiger partial charge on any atom is 0.338 e. The Bertz CT molecular complexity index is 546. The molecule has 0 heterocycles. The molecular formula is C16H18O3. The number of ether oxygens (including phenoxy) is 1. The standard InChI is InChI=1S/C16H18O3/c1-11(2)13-5-3-4-12-6-7-14(15(12)10-13)16(18)19-9-8-17/h3-7,10-11,17H,8-9H2,1-2H3. The van der Waals surface area contributed by atoms with Crippen LogP contribution in [-0.4, -0.2) is 24.3 Å². The third kappa shape index (κ3) is 2.93. The lowest BCUT2D eigenvalue weighted by atomic mass is 10.0. The third-order valence-electron chi connectivity index (χ3n) is 3.12. The second-order valence-electron chi connectivity index (χ2n) is 4.80. The molecule has 0 bridgehead atoms. The molecule has 2 aliphatic rings. The van der Waals surface area contributed by atoms with E-state index in [0.29, 0.717) is 11.5 Å². The molecule has 0 aromatic rings. The number of carbonyl (C=O) groups is 1. The van der Waals surface area contributed by atoms with Crippen molar-refractivity contribution in [3.05, 3.63) is 47.5 Å². The Balaban J connectivity index is 2.42. The Labute approximate surface area is 113 Å². The molecule has 100 valence electrons. The molecule has 0 fully saturated rings. The molecule has 1 N–H and O–H groups in total. The van der Waals surface area contributed by atoms with Crippen molar-refractivity contribution < 1.29 is 14.6 Å². The molecule has 0 unspecified atom stereocenters. The van der Waals surface area contributed by atoms with Gasteiger partial charge in [-0.05, 0) is 28.7 Å². The van der Waals surface area contributed by atoms with Crippen LogP contribution in [0.3, 0.4) is 0 Å². The van der Waals surface area contributed by atoms with Crippen LogP contribution >= 0.6 is 0 Å². The molecule has 0 amide bonds. The highest BCUT2D eigenvalue weighted by molar-refractivity contribution is 5.99. The Hall–Kier alpha value is -1.87. The van der Waals surface area contributed by atoms with Crippen molar-refractivity contribution in [2.24, 2.45) is 0 Å². The van der Waals surface area contributed by atoms with Crippen LogP contribution in [0.1, 0.15) is 35.7 Å². The first-order valence-electron chi connectivity index (χ1n) is 6.44. The number of aliphatic hydroxyl groups excluding tert-OH is 1. The van der Waals surface area contributed by atoms with Crippen LogP contribution in [0.25, 0.3) is 11.1 Å². The lowest BCUT2D eigenvalue weighted by Gasteiger charge is -2.05. The minimum Gasteiger partial charge on any atom is -0.460 e. The third-order valence-corrected chi connectivity index (χ3v) is 3.12. The zero-order valence-electron chi connectivity index (χ0n) is 11.2. The number of fused-ring (bicyclic) bond motifs is 1. The molecule has 3 nitrogen and oxygen atoms in total. The second kappa shape index (κ2) is 5.85. The van der Waals surface area contributed by atoms with Crippen molar-refractivity contribution in [3.8, 4) is 11.1 Å². The zero-order chi connectivity index (χ0) is 13.8. The predicted octanol–water partition coefficient (Wildman–Crippen LogP) is 3.06. The average Bonchev–Trinajstić information content (AvgIpc) is 2.65. The summed E-state index contributed by atoms with van der Waals surface area (Å²) < 4.78 is 4.99. The van der Waals surface area contributed by atoms with Gasteiger partial charge in [0.25, 0.3) is 0 Å². The van der Waals surface area contributed by atoms with Crippen LogP contribution in [-0.2, 0) is 4.74 Å². The first-order valence-corrected chi connectivity index (χ1v) is 6.44. The Morgan fingerprint density at radius 3 is 2.74 bits per heavy atom. The Morgan fingerprint density at radius 1 is 1.26 bits per heavy atom. The zero-order valence-corrected chi connectivity index (χ0v) is 11.2. The van der Waals surface area contributed by atoms with Gasteiger partial charge in [0.1, 0.15) is 6.61 Å². The van der Waals surface area contributed by atoms with Gasteiger partial charge in [0.15, 0.2) is 0 Å². The van der Waals surface area contributed by atoms with Gasteiger partial charge in [-0.15, -0.1) is 0 Å². The quantitative estimate of drug-likeness (QED) is 0.857. The molecule has 0 aromatic heterocycles. The van der Waals surface area contributed by atoms with E-state index >= 15 is 0 Å². The molecule has 3 heteroatoms. The van der Waals surface area contributed by atoms with E-state index in [0.717, 1.165) is 11.1 Å². The fourth-order valence-electron chi connectivity index (χ4n) is 2.05. The van der Waals surface area contributed by atoms with Crippen LogP contribution in [0.2, 0.25) is 0 Å². The van der Waals surface area contributed by atoms with Crippen molar-refractivity contribution in [2.45, 2.75) is 19.8 Å². The van der Waals surface area contributed by atoms with E-state index in [1.165, 1.54) is 5.56 Å². The van der Waals surface area contributed by atoms with Gasteiger partial charge in [-0.25, -0.2) is 4.79 Å². The number of carbonyl (C=O) groups excluding carboxylic acids is 1. The molecule has 0 aliphatic heterocycles. The number of hydrogen-bond donors (Lipinski definition) is 1.